The highest BCUT2D eigenvalue weighted by Gasteiger charge is 2.11. The molecule has 5 heteroatoms. The van der Waals surface area contributed by atoms with E-state index in [0.29, 0.717) is 23.9 Å². The first-order valence-corrected chi connectivity index (χ1v) is 9.72. The van der Waals surface area contributed by atoms with Gasteiger partial charge in [-0.05, 0) is 57.1 Å². The molecule has 0 aliphatic heterocycles. The summed E-state index contributed by atoms with van der Waals surface area (Å²) in [4.78, 5) is 21.2. The van der Waals surface area contributed by atoms with Crippen molar-refractivity contribution in [2.24, 2.45) is 0 Å². The molecule has 1 heterocycles. The molecule has 0 bridgehead atoms. The molecule has 5 nitrogen and oxygen atoms in total. The second kappa shape index (κ2) is 9.31. The second-order valence-corrected chi connectivity index (χ2v) is 7.08. The molecule has 3 rings (SSSR count). The molecule has 2 aromatic rings. The highest BCUT2D eigenvalue weighted by Crippen LogP contribution is 2.20. The fraction of sp³-hybridized carbons (Fsp3) is 0.409. The summed E-state index contributed by atoms with van der Waals surface area (Å²) in [6.07, 6.45) is 8.40. The molecule has 1 aliphatic carbocycles. The van der Waals surface area contributed by atoms with Gasteiger partial charge < -0.3 is 10.6 Å². The van der Waals surface area contributed by atoms with Crippen LogP contribution in [-0.2, 0) is 6.54 Å². The predicted octanol–water partition coefficient (Wildman–Crippen LogP) is 4.33. The Bertz CT molecular complexity index is 829. The van der Waals surface area contributed by atoms with Gasteiger partial charge in [-0.1, -0.05) is 35.9 Å². The summed E-state index contributed by atoms with van der Waals surface area (Å²) in [5, 5.41) is 6.29. The number of nitrogens with zero attached hydrogens (tertiary/aromatic N) is 2. The van der Waals surface area contributed by atoms with Gasteiger partial charge in [0.25, 0.3) is 5.91 Å². The Morgan fingerprint density at radius 1 is 1.15 bits per heavy atom. The molecule has 27 heavy (non-hydrogen) atoms. The van der Waals surface area contributed by atoms with E-state index in [1.54, 1.807) is 6.07 Å². The van der Waals surface area contributed by atoms with E-state index in [2.05, 4.69) is 26.7 Å². The van der Waals surface area contributed by atoms with E-state index in [0.717, 1.165) is 24.1 Å². The Kier molecular flexibility index (Phi) is 6.58. The quantitative estimate of drug-likeness (QED) is 0.718. The van der Waals surface area contributed by atoms with Crippen LogP contribution in [-0.4, -0.2) is 22.4 Å². The Morgan fingerprint density at radius 2 is 2.00 bits per heavy atom. The van der Waals surface area contributed by atoms with Crippen LogP contribution in [0.3, 0.4) is 0 Å². The zero-order chi connectivity index (χ0) is 19.1. The van der Waals surface area contributed by atoms with Crippen molar-refractivity contribution in [2.45, 2.75) is 52.5 Å². The lowest BCUT2D eigenvalue weighted by molar-refractivity contribution is 0.0945. The molecule has 1 aliphatic rings. The second-order valence-electron chi connectivity index (χ2n) is 7.08. The normalized spacial score (nSPS) is 13.8. The molecule has 0 atom stereocenters. The highest BCUT2D eigenvalue weighted by molar-refractivity contribution is 5.92. The third-order valence-corrected chi connectivity index (χ3v) is 4.91. The molecule has 0 unspecified atom stereocenters. The van der Waals surface area contributed by atoms with Gasteiger partial charge in [-0.3, -0.25) is 4.79 Å². The molecule has 0 saturated heterocycles. The summed E-state index contributed by atoms with van der Waals surface area (Å²) in [5.74, 6) is 1.12. The Labute approximate surface area is 161 Å². The summed E-state index contributed by atoms with van der Waals surface area (Å²) in [7, 11) is 0. The fourth-order valence-electron chi connectivity index (χ4n) is 3.33. The minimum atomic E-state index is -0.179. The van der Waals surface area contributed by atoms with Gasteiger partial charge in [-0.15, -0.1) is 0 Å². The van der Waals surface area contributed by atoms with Crippen LogP contribution in [0.15, 0.2) is 42.0 Å². The van der Waals surface area contributed by atoms with Gasteiger partial charge >= 0.3 is 0 Å². The number of aryl methyl sites for hydroxylation is 2. The number of carbonyl (C=O) groups is 1. The lowest BCUT2D eigenvalue weighted by Gasteiger charge is -2.13. The average Bonchev–Trinajstić information content (AvgIpc) is 2.67. The standard InChI is InChI=1S/C22H28N4O/c1-16-8-6-7-11-19(16)15-24-22(27)20-14-21(26-17(2)25-20)23-13-12-18-9-4-3-5-10-18/h6-9,11,14H,3-5,10,12-13,15H2,1-2H3,(H,24,27)(H,23,25,26). The maximum Gasteiger partial charge on any atom is 0.270 e. The van der Waals surface area contributed by atoms with Crippen molar-refractivity contribution in [1.29, 1.82) is 0 Å². The SMILES string of the molecule is Cc1nc(NCCC2=CCCCC2)cc(C(=O)NCc2ccccc2C)n1. The molecule has 0 radical (unpaired) electrons. The number of amides is 1. The van der Waals surface area contributed by atoms with Gasteiger partial charge in [-0.25, -0.2) is 9.97 Å². The number of hydrogen-bond acceptors (Lipinski definition) is 4. The minimum Gasteiger partial charge on any atom is -0.370 e. The van der Waals surface area contributed by atoms with Crippen molar-refractivity contribution in [1.82, 2.24) is 15.3 Å². The van der Waals surface area contributed by atoms with Gasteiger partial charge in [0, 0.05) is 19.2 Å². The van der Waals surface area contributed by atoms with Crippen LogP contribution in [0.5, 0.6) is 0 Å². The van der Waals surface area contributed by atoms with E-state index in [1.165, 1.54) is 31.3 Å². The largest absolute Gasteiger partial charge is 0.370 e. The van der Waals surface area contributed by atoms with Crippen molar-refractivity contribution in [3.8, 4) is 0 Å². The molecule has 0 saturated carbocycles. The number of anilines is 1. The smallest absolute Gasteiger partial charge is 0.270 e. The first kappa shape index (κ1) is 19.1. The molecule has 0 spiro atoms. The topological polar surface area (TPSA) is 66.9 Å². The lowest BCUT2D eigenvalue weighted by atomic mass is 9.97. The van der Waals surface area contributed by atoms with Crippen molar-refractivity contribution in [3.05, 3.63) is 64.6 Å². The minimum absolute atomic E-state index is 0.179. The predicted molar refractivity (Wildman–Crippen MR) is 109 cm³/mol. The van der Waals surface area contributed by atoms with Crippen LogP contribution in [0.2, 0.25) is 0 Å². The van der Waals surface area contributed by atoms with Crippen LogP contribution in [0, 0.1) is 13.8 Å². The van der Waals surface area contributed by atoms with Crippen LogP contribution < -0.4 is 10.6 Å². The van der Waals surface area contributed by atoms with E-state index in [9.17, 15) is 4.79 Å². The Hall–Kier alpha value is -2.69. The zero-order valence-electron chi connectivity index (χ0n) is 16.2. The molecular formula is C22H28N4O. The van der Waals surface area contributed by atoms with Crippen LogP contribution in [0.4, 0.5) is 5.82 Å². The van der Waals surface area contributed by atoms with Gasteiger partial charge in [0.1, 0.15) is 17.3 Å². The summed E-state index contributed by atoms with van der Waals surface area (Å²) >= 11 is 0. The van der Waals surface area contributed by atoms with Crippen molar-refractivity contribution in [2.75, 3.05) is 11.9 Å². The van der Waals surface area contributed by atoms with Crippen LogP contribution in [0.1, 0.15) is 59.5 Å². The summed E-state index contributed by atoms with van der Waals surface area (Å²) in [6.45, 7) is 5.17. The van der Waals surface area contributed by atoms with Crippen molar-refractivity contribution < 1.29 is 4.79 Å². The first-order chi connectivity index (χ1) is 13.1. The number of benzene rings is 1. The van der Waals surface area contributed by atoms with E-state index in [-0.39, 0.29) is 5.91 Å². The third-order valence-electron chi connectivity index (χ3n) is 4.91. The summed E-state index contributed by atoms with van der Waals surface area (Å²) in [6, 6.07) is 9.77. The van der Waals surface area contributed by atoms with Crippen molar-refractivity contribution in [3.63, 3.8) is 0 Å². The number of aromatic nitrogens is 2. The number of hydrogen-bond donors (Lipinski definition) is 2. The molecule has 2 N–H and O–H groups in total. The fourth-order valence-corrected chi connectivity index (χ4v) is 3.33. The highest BCUT2D eigenvalue weighted by atomic mass is 16.1. The number of carbonyl (C=O) groups excluding carboxylic acids is 1. The molecule has 1 aromatic heterocycles. The third kappa shape index (κ3) is 5.64. The van der Waals surface area contributed by atoms with Gasteiger partial charge in [0.15, 0.2) is 0 Å². The number of rotatable bonds is 7. The molecule has 142 valence electrons. The average molecular weight is 364 g/mol. The van der Waals surface area contributed by atoms with Gasteiger partial charge in [0.2, 0.25) is 0 Å². The molecule has 0 fully saturated rings. The Balaban J connectivity index is 1.57. The lowest BCUT2D eigenvalue weighted by Crippen LogP contribution is -2.25. The Morgan fingerprint density at radius 3 is 2.78 bits per heavy atom. The number of nitrogens with one attached hydrogen (secondary N) is 2. The molecule has 1 amide bonds. The monoisotopic (exact) mass is 364 g/mol. The van der Waals surface area contributed by atoms with E-state index in [1.807, 2.05) is 38.1 Å². The van der Waals surface area contributed by atoms with Crippen molar-refractivity contribution >= 4 is 11.7 Å². The zero-order valence-corrected chi connectivity index (χ0v) is 16.2. The number of allylic oxidation sites excluding steroid dienone is 1. The van der Waals surface area contributed by atoms with Gasteiger partial charge in [0.05, 0.1) is 0 Å². The summed E-state index contributed by atoms with van der Waals surface area (Å²) in [5.41, 5.74) is 4.19. The summed E-state index contributed by atoms with van der Waals surface area (Å²) < 4.78 is 0. The van der Waals surface area contributed by atoms with E-state index >= 15 is 0 Å². The maximum absolute atomic E-state index is 12.5. The van der Waals surface area contributed by atoms with Crippen LogP contribution >= 0.6 is 0 Å². The maximum atomic E-state index is 12.5. The van der Waals surface area contributed by atoms with Gasteiger partial charge in [-0.2, -0.15) is 0 Å². The van der Waals surface area contributed by atoms with E-state index in [4.69, 9.17) is 0 Å². The molecular weight excluding hydrogens is 336 g/mol. The first-order valence-electron chi connectivity index (χ1n) is 9.72. The molecule has 1 aromatic carbocycles. The van der Waals surface area contributed by atoms with Crippen LogP contribution in [0.25, 0.3) is 0 Å². The van der Waals surface area contributed by atoms with E-state index < -0.39 is 0 Å².